The summed E-state index contributed by atoms with van der Waals surface area (Å²) in [4.78, 5) is 39.8. The van der Waals surface area contributed by atoms with Crippen LogP contribution in [0.4, 0.5) is 8.78 Å². The van der Waals surface area contributed by atoms with Crippen LogP contribution >= 0.6 is 0 Å². The lowest BCUT2D eigenvalue weighted by Gasteiger charge is -2.41. The zero-order chi connectivity index (χ0) is 22.7. The van der Waals surface area contributed by atoms with Gasteiger partial charge in [0, 0.05) is 38.2 Å². The lowest BCUT2D eigenvalue weighted by Crippen LogP contribution is -2.52. The molecule has 0 fully saturated rings. The minimum atomic E-state index is -1.21. The van der Waals surface area contributed by atoms with Gasteiger partial charge in [-0.1, -0.05) is 13.0 Å². The Morgan fingerprint density at radius 3 is 2.68 bits per heavy atom. The molecule has 2 amide bonds. The second-order valence-electron chi connectivity index (χ2n) is 8.00. The molecule has 164 valence electrons. The molecule has 0 spiro atoms. The third-order valence-electron chi connectivity index (χ3n) is 6.17. The number of nitrogens with zero attached hydrogens (tertiary/aromatic N) is 2. The van der Waals surface area contributed by atoms with Gasteiger partial charge >= 0.3 is 0 Å². The summed E-state index contributed by atoms with van der Waals surface area (Å²) in [5.41, 5.74) is -2.67. The number of aromatic nitrogens is 1. The van der Waals surface area contributed by atoms with Crippen molar-refractivity contribution >= 4 is 11.8 Å². The molecular weight excluding hydrogens is 412 g/mol. The van der Waals surface area contributed by atoms with Gasteiger partial charge in [0.1, 0.15) is 17.2 Å². The molecule has 0 saturated carbocycles. The van der Waals surface area contributed by atoms with Crippen LogP contribution < -0.4 is 10.7 Å². The van der Waals surface area contributed by atoms with Gasteiger partial charge in [-0.25, -0.2) is 8.78 Å². The summed E-state index contributed by atoms with van der Waals surface area (Å²) >= 11 is 0. The quantitative estimate of drug-likeness (QED) is 0.675. The zero-order valence-electron chi connectivity index (χ0n) is 16.9. The first-order valence-corrected chi connectivity index (χ1v) is 9.79. The molecule has 8 nitrogen and oxygen atoms in total. The van der Waals surface area contributed by atoms with Crippen molar-refractivity contribution < 1.29 is 28.6 Å². The van der Waals surface area contributed by atoms with Crippen molar-refractivity contribution in [2.45, 2.75) is 38.0 Å². The van der Waals surface area contributed by atoms with E-state index in [9.17, 15) is 33.4 Å². The normalized spacial score (nSPS) is 21.9. The average Bonchev–Trinajstić information content (AvgIpc) is 3.00. The molecular formula is C21H21F2N3O5. The van der Waals surface area contributed by atoms with E-state index in [2.05, 4.69) is 5.32 Å². The highest BCUT2D eigenvalue weighted by atomic mass is 19.1. The van der Waals surface area contributed by atoms with Crippen LogP contribution in [0.5, 0.6) is 5.75 Å². The SMILES string of the molecule is CCC12CC(O)c3c(C(=O)NCc4ccc(F)cc4F)c(=O)c(O)c(n31)C(=O)N(C)C2. The Bertz CT molecular complexity index is 1180. The van der Waals surface area contributed by atoms with Crippen LogP contribution in [0.25, 0.3) is 0 Å². The van der Waals surface area contributed by atoms with E-state index >= 15 is 0 Å². The summed E-state index contributed by atoms with van der Waals surface area (Å²) < 4.78 is 28.4. The number of halogens is 2. The van der Waals surface area contributed by atoms with Crippen LogP contribution in [0.1, 0.15) is 58.0 Å². The first kappa shape index (κ1) is 21.0. The van der Waals surface area contributed by atoms with Crippen molar-refractivity contribution in [1.82, 2.24) is 14.8 Å². The van der Waals surface area contributed by atoms with Crippen molar-refractivity contribution in [3.63, 3.8) is 0 Å². The number of hydrogen-bond donors (Lipinski definition) is 3. The second kappa shape index (κ2) is 7.16. The number of benzene rings is 1. The number of aliphatic hydroxyl groups excluding tert-OH is 1. The Kier molecular flexibility index (Phi) is 4.84. The van der Waals surface area contributed by atoms with E-state index in [1.807, 2.05) is 6.92 Å². The predicted octanol–water partition coefficient (Wildman–Crippen LogP) is 1.39. The molecule has 1 aromatic heterocycles. The molecule has 0 radical (unpaired) electrons. The van der Waals surface area contributed by atoms with Crippen LogP contribution in [0.15, 0.2) is 23.0 Å². The Labute approximate surface area is 175 Å². The first-order valence-electron chi connectivity index (χ1n) is 9.79. The largest absolute Gasteiger partial charge is 0.503 e. The molecule has 2 aromatic rings. The fourth-order valence-corrected chi connectivity index (χ4v) is 4.63. The number of hydrogen-bond acceptors (Lipinski definition) is 5. The number of carbonyl (C=O) groups excluding carboxylic acids is 2. The molecule has 2 atom stereocenters. The van der Waals surface area contributed by atoms with Gasteiger partial charge in [-0.2, -0.15) is 0 Å². The maximum atomic E-state index is 13.9. The molecule has 3 heterocycles. The van der Waals surface area contributed by atoms with Gasteiger partial charge in [-0.15, -0.1) is 0 Å². The number of carbonyl (C=O) groups is 2. The topological polar surface area (TPSA) is 112 Å². The smallest absolute Gasteiger partial charge is 0.274 e. The van der Waals surface area contributed by atoms with Crippen LogP contribution in [0.3, 0.4) is 0 Å². The molecule has 0 aliphatic carbocycles. The third-order valence-corrected chi connectivity index (χ3v) is 6.17. The molecule has 2 aliphatic rings. The molecule has 0 saturated heterocycles. The number of amides is 2. The fourth-order valence-electron chi connectivity index (χ4n) is 4.63. The number of aliphatic hydroxyl groups is 1. The highest BCUT2D eigenvalue weighted by Gasteiger charge is 2.51. The van der Waals surface area contributed by atoms with Crippen molar-refractivity contribution in [3.05, 3.63) is 62.6 Å². The van der Waals surface area contributed by atoms with Gasteiger partial charge in [0.15, 0.2) is 11.4 Å². The number of pyridine rings is 1. The van der Waals surface area contributed by atoms with Gasteiger partial charge in [0.05, 0.1) is 17.3 Å². The minimum absolute atomic E-state index is 0.00582. The first-order chi connectivity index (χ1) is 14.6. The van der Waals surface area contributed by atoms with Crippen molar-refractivity contribution in [3.8, 4) is 5.75 Å². The monoisotopic (exact) mass is 433 g/mol. The lowest BCUT2D eigenvalue weighted by atomic mass is 9.89. The summed E-state index contributed by atoms with van der Waals surface area (Å²) in [6.45, 7) is 1.74. The Morgan fingerprint density at radius 2 is 2.03 bits per heavy atom. The Morgan fingerprint density at radius 1 is 1.32 bits per heavy atom. The number of nitrogens with one attached hydrogen (secondary N) is 1. The summed E-state index contributed by atoms with van der Waals surface area (Å²) in [6, 6.07) is 2.86. The maximum Gasteiger partial charge on any atom is 0.274 e. The van der Waals surface area contributed by atoms with Gasteiger partial charge < -0.3 is 25.0 Å². The predicted molar refractivity (Wildman–Crippen MR) is 105 cm³/mol. The van der Waals surface area contributed by atoms with E-state index in [0.29, 0.717) is 12.5 Å². The van der Waals surface area contributed by atoms with Gasteiger partial charge in [-0.05, 0) is 12.5 Å². The van der Waals surface area contributed by atoms with Crippen LogP contribution in [-0.4, -0.2) is 45.1 Å². The number of rotatable bonds is 4. The lowest BCUT2D eigenvalue weighted by molar-refractivity contribution is 0.0568. The summed E-state index contributed by atoms with van der Waals surface area (Å²) in [7, 11) is 1.54. The van der Waals surface area contributed by atoms with E-state index in [4.69, 9.17) is 0 Å². The third kappa shape index (κ3) is 3.01. The molecule has 3 N–H and O–H groups in total. The number of aromatic hydroxyl groups is 1. The molecule has 31 heavy (non-hydrogen) atoms. The van der Waals surface area contributed by atoms with Crippen molar-refractivity contribution in [2.75, 3.05) is 13.6 Å². The standard InChI is InChI=1S/C21H21F2N3O5/c1-3-21-7-13(27)15-14(19(30)24-8-10-4-5-11(22)6-12(10)23)17(28)18(29)16(26(15)21)20(31)25(2)9-21/h4-6,13,27,29H,3,7-9H2,1-2H3,(H,24,30). The molecule has 4 rings (SSSR count). The second-order valence-corrected chi connectivity index (χ2v) is 8.00. The average molecular weight is 433 g/mol. The Balaban J connectivity index is 1.82. The maximum absolute atomic E-state index is 13.9. The summed E-state index contributed by atoms with van der Waals surface area (Å²) in [5, 5.41) is 23.7. The molecule has 10 heteroatoms. The summed E-state index contributed by atoms with van der Waals surface area (Å²) in [5.74, 6) is -4.04. The van der Waals surface area contributed by atoms with Crippen LogP contribution in [-0.2, 0) is 12.1 Å². The van der Waals surface area contributed by atoms with Crippen molar-refractivity contribution in [1.29, 1.82) is 0 Å². The molecule has 1 aromatic carbocycles. The molecule has 2 unspecified atom stereocenters. The van der Waals surface area contributed by atoms with Crippen molar-refractivity contribution in [2.24, 2.45) is 0 Å². The van der Waals surface area contributed by atoms with E-state index in [-0.39, 0.29) is 36.5 Å². The van der Waals surface area contributed by atoms with Crippen LogP contribution in [0, 0.1) is 11.6 Å². The summed E-state index contributed by atoms with van der Waals surface area (Å²) in [6.07, 6.45) is -0.579. The van der Waals surface area contributed by atoms with Gasteiger partial charge in [0.2, 0.25) is 5.43 Å². The molecule has 0 bridgehead atoms. The highest BCUT2D eigenvalue weighted by molar-refractivity contribution is 6.00. The van der Waals surface area contributed by atoms with Crippen LogP contribution in [0.2, 0.25) is 0 Å². The number of likely N-dealkylation sites (N-methyl/N-ethyl adjacent to an activating group) is 1. The van der Waals surface area contributed by atoms with Gasteiger partial charge in [0.25, 0.3) is 11.8 Å². The minimum Gasteiger partial charge on any atom is -0.503 e. The van der Waals surface area contributed by atoms with Gasteiger partial charge in [-0.3, -0.25) is 14.4 Å². The van der Waals surface area contributed by atoms with E-state index in [1.165, 1.54) is 16.5 Å². The fraction of sp³-hybridized carbons (Fsp3) is 0.381. The highest BCUT2D eigenvalue weighted by Crippen LogP contribution is 2.47. The van der Waals surface area contributed by atoms with E-state index < -0.39 is 51.8 Å². The Hall–Kier alpha value is -3.27. The zero-order valence-corrected chi connectivity index (χ0v) is 16.9. The van der Waals surface area contributed by atoms with E-state index in [1.54, 1.807) is 0 Å². The molecule has 2 aliphatic heterocycles. The van der Waals surface area contributed by atoms with E-state index in [0.717, 1.165) is 12.1 Å².